The summed E-state index contributed by atoms with van der Waals surface area (Å²) in [6.07, 6.45) is 9.73. The molecule has 2 N–H and O–H groups in total. The van der Waals surface area contributed by atoms with E-state index in [1.165, 1.54) is 51.5 Å². The minimum absolute atomic E-state index is 0.319. The fourth-order valence-corrected chi connectivity index (χ4v) is 4.38. The Balaban J connectivity index is 2.19. The lowest BCUT2D eigenvalue weighted by atomic mass is 9.84. The smallest absolute Gasteiger partial charge is 0.0360 e. The topological polar surface area (TPSA) is 29.3 Å². The van der Waals surface area contributed by atoms with Crippen LogP contribution < -0.4 is 5.73 Å². The van der Waals surface area contributed by atoms with Gasteiger partial charge in [0.25, 0.3) is 0 Å². The SMILES string of the molecule is CC(C)CN(C1CCCC1)C1(CN)CCCC1C. The summed E-state index contributed by atoms with van der Waals surface area (Å²) in [7, 11) is 0. The standard InChI is InChI=1S/C16H32N2/c1-13(2)11-18(15-8-4-5-9-15)16(12-17)10-6-7-14(16)3/h13-15H,4-12,17H2,1-3H3. The highest BCUT2D eigenvalue weighted by Gasteiger charge is 2.46. The number of hydrogen-bond acceptors (Lipinski definition) is 2. The van der Waals surface area contributed by atoms with Crippen molar-refractivity contribution >= 4 is 0 Å². The Morgan fingerprint density at radius 1 is 1.17 bits per heavy atom. The van der Waals surface area contributed by atoms with Crippen LogP contribution in [0.1, 0.15) is 65.7 Å². The zero-order valence-electron chi connectivity index (χ0n) is 12.6. The van der Waals surface area contributed by atoms with Crippen LogP contribution in [0.25, 0.3) is 0 Å². The maximum atomic E-state index is 6.26. The van der Waals surface area contributed by atoms with E-state index in [-0.39, 0.29) is 0 Å². The van der Waals surface area contributed by atoms with Crippen molar-refractivity contribution < 1.29 is 0 Å². The molecule has 0 aromatic carbocycles. The van der Waals surface area contributed by atoms with Crippen molar-refractivity contribution in [2.75, 3.05) is 13.1 Å². The van der Waals surface area contributed by atoms with Gasteiger partial charge in [-0.25, -0.2) is 0 Å². The molecule has 0 aromatic heterocycles. The predicted molar refractivity (Wildman–Crippen MR) is 78.6 cm³/mol. The molecule has 2 aliphatic rings. The molecule has 2 rings (SSSR count). The van der Waals surface area contributed by atoms with Crippen LogP contribution in [0.5, 0.6) is 0 Å². The molecule has 18 heavy (non-hydrogen) atoms. The molecule has 2 fully saturated rings. The number of rotatable bonds is 5. The predicted octanol–water partition coefficient (Wildman–Crippen LogP) is 3.40. The fourth-order valence-electron chi connectivity index (χ4n) is 4.38. The first-order valence-electron chi connectivity index (χ1n) is 8.07. The van der Waals surface area contributed by atoms with E-state index in [0.717, 1.165) is 24.4 Å². The molecule has 0 aromatic rings. The zero-order valence-corrected chi connectivity index (χ0v) is 12.6. The Bertz CT molecular complexity index is 258. The van der Waals surface area contributed by atoms with Crippen LogP contribution in [-0.2, 0) is 0 Å². The summed E-state index contributed by atoms with van der Waals surface area (Å²) in [4.78, 5) is 2.85. The Kier molecular flexibility index (Phi) is 4.71. The summed E-state index contributed by atoms with van der Waals surface area (Å²) >= 11 is 0. The molecule has 0 spiro atoms. The van der Waals surface area contributed by atoms with Crippen molar-refractivity contribution in [3.8, 4) is 0 Å². The fraction of sp³-hybridized carbons (Fsp3) is 1.00. The molecule has 2 saturated carbocycles. The van der Waals surface area contributed by atoms with Gasteiger partial charge in [-0.1, -0.05) is 40.0 Å². The monoisotopic (exact) mass is 252 g/mol. The number of nitrogens with two attached hydrogens (primary N) is 1. The van der Waals surface area contributed by atoms with Gasteiger partial charge in [0.05, 0.1) is 0 Å². The summed E-state index contributed by atoms with van der Waals surface area (Å²) in [6.45, 7) is 9.24. The lowest BCUT2D eigenvalue weighted by Gasteiger charge is -2.48. The highest BCUT2D eigenvalue weighted by atomic mass is 15.2. The van der Waals surface area contributed by atoms with Gasteiger partial charge in [-0.2, -0.15) is 0 Å². The quantitative estimate of drug-likeness (QED) is 0.812. The molecule has 2 heteroatoms. The molecule has 0 aliphatic heterocycles. The largest absolute Gasteiger partial charge is 0.329 e. The van der Waals surface area contributed by atoms with Crippen LogP contribution in [0.15, 0.2) is 0 Å². The molecular formula is C16H32N2. The van der Waals surface area contributed by atoms with Crippen LogP contribution in [0, 0.1) is 11.8 Å². The number of hydrogen-bond donors (Lipinski definition) is 1. The van der Waals surface area contributed by atoms with Crippen molar-refractivity contribution in [3.05, 3.63) is 0 Å². The average Bonchev–Trinajstić information content (AvgIpc) is 2.95. The normalized spacial score (nSPS) is 34.0. The molecule has 2 nitrogen and oxygen atoms in total. The van der Waals surface area contributed by atoms with E-state index in [4.69, 9.17) is 5.73 Å². The van der Waals surface area contributed by atoms with Crippen LogP contribution in [-0.4, -0.2) is 29.6 Å². The van der Waals surface area contributed by atoms with Gasteiger partial charge < -0.3 is 5.73 Å². The molecule has 0 saturated heterocycles. The Morgan fingerprint density at radius 3 is 2.28 bits per heavy atom. The first kappa shape index (κ1) is 14.3. The maximum absolute atomic E-state index is 6.26. The van der Waals surface area contributed by atoms with Gasteiger partial charge in [-0.05, 0) is 37.5 Å². The van der Waals surface area contributed by atoms with Gasteiger partial charge in [-0.15, -0.1) is 0 Å². The van der Waals surface area contributed by atoms with Gasteiger partial charge in [-0.3, -0.25) is 4.90 Å². The number of nitrogens with zero attached hydrogens (tertiary/aromatic N) is 1. The average molecular weight is 252 g/mol. The molecule has 0 bridgehead atoms. The third-order valence-corrected chi connectivity index (χ3v) is 5.42. The first-order chi connectivity index (χ1) is 8.60. The van der Waals surface area contributed by atoms with Crippen LogP contribution in [0.2, 0.25) is 0 Å². The van der Waals surface area contributed by atoms with E-state index in [9.17, 15) is 0 Å². The summed E-state index contributed by atoms with van der Waals surface area (Å²) in [6, 6.07) is 0.816. The van der Waals surface area contributed by atoms with Gasteiger partial charge in [0.15, 0.2) is 0 Å². The van der Waals surface area contributed by atoms with E-state index in [1.54, 1.807) is 0 Å². The molecule has 0 heterocycles. The molecule has 2 atom stereocenters. The minimum Gasteiger partial charge on any atom is -0.329 e. The maximum Gasteiger partial charge on any atom is 0.0360 e. The Morgan fingerprint density at radius 2 is 1.83 bits per heavy atom. The summed E-state index contributed by atoms with van der Waals surface area (Å²) in [5.74, 6) is 1.53. The summed E-state index contributed by atoms with van der Waals surface area (Å²) in [5, 5.41) is 0. The van der Waals surface area contributed by atoms with E-state index in [0.29, 0.717) is 5.54 Å². The van der Waals surface area contributed by atoms with Crippen LogP contribution in [0.4, 0.5) is 0 Å². The molecule has 106 valence electrons. The van der Waals surface area contributed by atoms with Crippen molar-refractivity contribution in [3.63, 3.8) is 0 Å². The first-order valence-corrected chi connectivity index (χ1v) is 8.07. The van der Waals surface area contributed by atoms with E-state index in [2.05, 4.69) is 25.7 Å². The van der Waals surface area contributed by atoms with Gasteiger partial charge >= 0.3 is 0 Å². The van der Waals surface area contributed by atoms with E-state index in [1.807, 2.05) is 0 Å². The van der Waals surface area contributed by atoms with Crippen molar-refractivity contribution in [2.24, 2.45) is 17.6 Å². The van der Waals surface area contributed by atoms with Crippen molar-refractivity contribution in [1.82, 2.24) is 4.90 Å². The second kappa shape index (κ2) is 5.92. The van der Waals surface area contributed by atoms with Crippen molar-refractivity contribution in [1.29, 1.82) is 0 Å². The highest BCUT2D eigenvalue weighted by Crippen LogP contribution is 2.43. The van der Waals surface area contributed by atoms with Gasteiger partial charge in [0, 0.05) is 24.7 Å². The lowest BCUT2D eigenvalue weighted by molar-refractivity contribution is 0.0146. The third-order valence-electron chi connectivity index (χ3n) is 5.42. The molecule has 0 amide bonds. The van der Waals surface area contributed by atoms with Gasteiger partial charge in [0.1, 0.15) is 0 Å². The highest BCUT2D eigenvalue weighted by molar-refractivity contribution is 5.03. The lowest BCUT2D eigenvalue weighted by Crippen LogP contribution is -2.59. The zero-order chi connectivity index (χ0) is 13.2. The van der Waals surface area contributed by atoms with Crippen LogP contribution >= 0.6 is 0 Å². The minimum atomic E-state index is 0.319. The van der Waals surface area contributed by atoms with Crippen LogP contribution in [0.3, 0.4) is 0 Å². The van der Waals surface area contributed by atoms with E-state index < -0.39 is 0 Å². The summed E-state index contributed by atoms with van der Waals surface area (Å²) < 4.78 is 0. The Hall–Kier alpha value is -0.0800. The second-order valence-corrected chi connectivity index (χ2v) is 7.09. The van der Waals surface area contributed by atoms with Crippen molar-refractivity contribution in [2.45, 2.75) is 77.3 Å². The molecule has 2 aliphatic carbocycles. The Labute approximate surface area is 113 Å². The molecular weight excluding hydrogens is 220 g/mol. The van der Waals surface area contributed by atoms with E-state index >= 15 is 0 Å². The second-order valence-electron chi connectivity index (χ2n) is 7.09. The summed E-state index contributed by atoms with van der Waals surface area (Å²) in [5.41, 5.74) is 6.58. The third kappa shape index (κ3) is 2.60. The molecule has 0 radical (unpaired) electrons. The molecule has 2 unspecified atom stereocenters. The van der Waals surface area contributed by atoms with Gasteiger partial charge in [0.2, 0.25) is 0 Å².